The molecule has 0 bridgehead atoms. The number of aliphatic hydroxyl groups is 4. The molecule has 1 aliphatic heterocycles. The van der Waals surface area contributed by atoms with Gasteiger partial charge in [0.2, 0.25) is 6.29 Å². The molecule has 9 nitrogen and oxygen atoms in total. The first-order valence-corrected chi connectivity index (χ1v) is 5.89. The molecule has 5 atom stereocenters. The summed E-state index contributed by atoms with van der Waals surface area (Å²) in [6.07, 6.45) is -8.08. The molecule has 1 fully saturated rings. The number of aliphatic hydroxyl groups excluding tert-OH is 4. The SMILES string of the molecule is OCC1O[C@H](O[P+](O)(O)O)C(O)C(O)[C@H]1O. The van der Waals surface area contributed by atoms with Crippen LogP contribution in [-0.4, -0.2) is 72.4 Å². The van der Waals surface area contributed by atoms with Gasteiger partial charge in [-0.05, 0) is 0 Å². The predicted molar refractivity (Wildman–Crippen MR) is 48.4 cm³/mol. The smallest absolute Gasteiger partial charge is 0.394 e. The summed E-state index contributed by atoms with van der Waals surface area (Å²) >= 11 is 0. The summed E-state index contributed by atoms with van der Waals surface area (Å²) in [5.74, 6) is 0. The van der Waals surface area contributed by atoms with Gasteiger partial charge in [-0.2, -0.15) is 14.7 Å². The van der Waals surface area contributed by atoms with Crippen LogP contribution in [0, 0.1) is 0 Å². The molecule has 0 radical (unpaired) electrons. The van der Waals surface area contributed by atoms with Gasteiger partial charge in [-0.25, -0.2) is 0 Å². The van der Waals surface area contributed by atoms with Gasteiger partial charge in [-0.1, -0.05) is 0 Å². The van der Waals surface area contributed by atoms with Crippen molar-refractivity contribution in [3.05, 3.63) is 0 Å². The van der Waals surface area contributed by atoms with Crippen molar-refractivity contribution in [3.8, 4) is 0 Å². The van der Waals surface area contributed by atoms with E-state index in [1.807, 2.05) is 0 Å². The fourth-order valence-electron chi connectivity index (χ4n) is 1.29. The van der Waals surface area contributed by atoms with Crippen molar-refractivity contribution in [2.24, 2.45) is 0 Å². The third kappa shape index (κ3) is 3.28. The summed E-state index contributed by atoms with van der Waals surface area (Å²) in [5, 5.41) is 36.7. The van der Waals surface area contributed by atoms with Crippen LogP contribution in [0.5, 0.6) is 0 Å². The normalized spacial score (nSPS) is 41.1. The Labute approximate surface area is 90.8 Å². The molecule has 0 aromatic heterocycles. The van der Waals surface area contributed by atoms with Crippen molar-refractivity contribution in [1.82, 2.24) is 0 Å². The fourth-order valence-corrected chi connectivity index (χ4v) is 1.75. The van der Waals surface area contributed by atoms with E-state index in [2.05, 4.69) is 4.52 Å². The second-order valence-electron chi connectivity index (χ2n) is 3.32. The number of ether oxygens (including phenoxy) is 1. The highest BCUT2D eigenvalue weighted by molar-refractivity contribution is 7.53. The molecule has 96 valence electrons. The van der Waals surface area contributed by atoms with E-state index in [9.17, 15) is 15.3 Å². The monoisotopic (exact) mass is 261 g/mol. The predicted octanol–water partition coefficient (Wildman–Crippen LogP) is -3.54. The zero-order valence-corrected chi connectivity index (χ0v) is 8.88. The molecule has 0 aromatic carbocycles. The molecule has 10 heteroatoms. The van der Waals surface area contributed by atoms with Gasteiger partial charge in [-0.15, -0.1) is 4.52 Å². The van der Waals surface area contributed by atoms with Crippen molar-refractivity contribution in [3.63, 3.8) is 0 Å². The summed E-state index contributed by atoms with van der Waals surface area (Å²) in [7, 11) is -4.66. The lowest BCUT2D eigenvalue weighted by Gasteiger charge is -2.38. The Morgan fingerprint density at radius 1 is 1.00 bits per heavy atom. The van der Waals surface area contributed by atoms with Gasteiger partial charge in [-0.3, -0.25) is 0 Å². The van der Waals surface area contributed by atoms with Crippen LogP contribution in [0.4, 0.5) is 0 Å². The number of rotatable bonds is 3. The van der Waals surface area contributed by atoms with E-state index in [1.54, 1.807) is 0 Å². The van der Waals surface area contributed by atoms with Crippen molar-refractivity contribution < 1.29 is 44.4 Å². The lowest BCUT2D eigenvalue weighted by Crippen LogP contribution is -2.59. The molecule has 0 aliphatic carbocycles. The van der Waals surface area contributed by atoms with Gasteiger partial charge in [0, 0.05) is 0 Å². The molecule has 0 aromatic rings. The van der Waals surface area contributed by atoms with Crippen LogP contribution < -0.4 is 0 Å². The van der Waals surface area contributed by atoms with Crippen LogP contribution in [-0.2, 0) is 9.26 Å². The molecular weight excluding hydrogens is 247 g/mol. The first kappa shape index (κ1) is 14.1. The largest absolute Gasteiger partial charge is 0.570 e. The molecular formula is C6H14O9P+. The first-order valence-electron chi connectivity index (χ1n) is 4.32. The van der Waals surface area contributed by atoms with Crippen molar-refractivity contribution in [2.75, 3.05) is 6.61 Å². The first-order chi connectivity index (χ1) is 7.26. The van der Waals surface area contributed by atoms with Crippen LogP contribution in [0.25, 0.3) is 0 Å². The minimum absolute atomic E-state index is 0.682. The second-order valence-corrected chi connectivity index (χ2v) is 4.55. The van der Waals surface area contributed by atoms with Crippen molar-refractivity contribution in [2.45, 2.75) is 30.7 Å². The zero-order valence-electron chi connectivity index (χ0n) is 7.99. The molecule has 1 rings (SSSR count). The lowest BCUT2D eigenvalue weighted by molar-refractivity contribution is -0.282. The Morgan fingerprint density at radius 2 is 1.56 bits per heavy atom. The molecule has 3 unspecified atom stereocenters. The minimum atomic E-state index is -4.66. The molecule has 1 saturated heterocycles. The van der Waals surface area contributed by atoms with E-state index < -0.39 is 45.5 Å². The zero-order chi connectivity index (χ0) is 12.5. The minimum Gasteiger partial charge on any atom is -0.394 e. The Balaban J connectivity index is 2.71. The summed E-state index contributed by atoms with van der Waals surface area (Å²) in [4.78, 5) is 25.8. The Morgan fingerprint density at radius 3 is 2.00 bits per heavy atom. The highest BCUT2D eigenvalue weighted by Crippen LogP contribution is 2.48. The van der Waals surface area contributed by atoms with Gasteiger partial charge in [0.1, 0.15) is 24.4 Å². The molecule has 0 saturated carbocycles. The van der Waals surface area contributed by atoms with Crippen molar-refractivity contribution in [1.29, 1.82) is 0 Å². The van der Waals surface area contributed by atoms with Gasteiger partial charge in [0.15, 0.2) is 0 Å². The number of hydrogen-bond donors (Lipinski definition) is 7. The quantitative estimate of drug-likeness (QED) is 0.255. The molecule has 7 N–H and O–H groups in total. The summed E-state index contributed by atoms with van der Waals surface area (Å²) in [6.45, 7) is -0.682. The van der Waals surface area contributed by atoms with Crippen LogP contribution in [0.1, 0.15) is 0 Å². The molecule has 0 spiro atoms. The van der Waals surface area contributed by atoms with Gasteiger partial charge in [0.05, 0.1) is 6.61 Å². The summed E-state index contributed by atoms with van der Waals surface area (Å²) in [5.41, 5.74) is 0. The third-order valence-electron chi connectivity index (χ3n) is 2.09. The average Bonchev–Trinajstić information content (AvgIpc) is 2.17. The van der Waals surface area contributed by atoms with E-state index in [4.69, 9.17) is 24.5 Å². The van der Waals surface area contributed by atoms with Crippen LogP contribution in [0.15, 0.2) is 0 Å². The molecule has 0 amide bonds. The fraction of sp³-hybridized carbons (Fsp3) is 1.00. The van der Waals surface area contributed by atoms with E-state index in [0.29, 0.717) is 0 Å². The highest BCUT2D eigenvalue weighted by Gasteiger charge is 2.50. The van der Waals surface area contributed by atoms with E-state index in [-0.39, 0.29) is 0 Å². The van der Waals surface area contributed by atoms with Gasteiger partial charge >= 0.3 is 8.17 Å². The standard InChI is InChI=1S/C6H14O9P/c7-1-2-3(8)4(9)5(10)6(14-2)15-16(11,12)13/h2-13H,1H2/q+1/t2?,3-,4?,5?,6+/m0/s1. The second kappa shape index (κ2) is 5.15. The lowest BCUT2D eigenvalue weighted by atomic mass is 10.00. The topological polar surface area (TPSA) is 160 Å². The van der Waals surface area contributed by atoms with Gasteiger partial charge < -0.3 is 25.2 Å². The van der Waals surface area contributed by atoms with E-state index in [1.165, 1.54) is 0 Å². The average molecular weight is 261 g/mol. The molecule has 1 heterocycles. The Hall–Kier alpha value is 0.0700. The molecule has 16 heavy (non-hydrogen) atoms. The number of hydrogen-bond acceptors (Lipinski definition) is 9. The van der Waals surface area contributed by atoms with Gasteiger partial charge in [0.25, 0.3) is 0 Å². The summed E-state index contributed by atoms with van der Waals surface area (Å²) in [6, 6.07) is 0. The third-order valence-corrected chi connectivity index (χ3v) is 2.58. The summed E-state index contributed by atoms with van der Waals surface area (Å²) < 4.78 is 8.89. The highest BCUT2D eigenvalue weighted by atomic mass is 31.2. The van der Waals surface area contributed by atoms with E-state index >= 15 is 0 Å². The molecule has 1 aliphatic rings. The Bertz CT molecular complexity index is 229. The Kier molecular flexibility index (Phi) is 4.55. The van der Waals surface area contributed by atoms with E-state index in [0.717, 1.165) is 0 Å². The van der Waals surface area contributed by atoms with Crippen LogP contribution >= 0.6 is 8.17 Å². The maximum atomic E-state index is 9.33. The maximum absolute atomic E-state index is 9.33. The maximum Gasteiger partial charge on any atom is 0.570 e. The van der Waals surface area contributed by atoms with Crippen molar-refractivity contribution >= 4 is 8.17 Å². The van der Waals surface area contributed by atoms with Crippen LogP contribution in [0.3, 0.4) is 0 Å². The van der Waals surface area contributed by atoms with Crippen LogP contribution in [0.2, 0.25) is 0 Å².